The van der Waals surface area contributed by atoms with Gasteiger partial charge < -0.3 is 14.6 Å². The highest BCUT2D eigenvalue weighted by molar-refractivity contribution is 5.39. The Hall–Kier alpha value is -1.43. The molecule has 16 heavy (non-hydrogen) atoms. The van der Waals surface area contributed by atoms with Crippen LogP contribution < -0.4 is 9.47 Å². The average molecular weight is 236 g/mol. The molecule has 90 valence electrons. The summed E-state index contributed by atoms with van der Waals surface area (Å²) in [7, 11) is 2.64. The first-order chi connectivity index (χ1) is 7.38. The fourth-order valence-corrected chi connectivity index (χ4v) is 1.18. The molecule has 1 unspecified atom stereocenters. The van der Waals surface area contributed by atoms with Crippen molar-refractivity contribution < 1.29 is 27.8 Å². The Balaban J connectivity index is 3.13. The van der Waals surface area contributed by atoms with Crippen molar-refractivity contribution in [2.24, 2.45) is 0 Å². The van der Waals surface area contributed by atoms with E-state index in [9.17, 15) is 13.2 Å². The summed E-state index contributed by atoms with van der Waals surface area (Å²) in [5, 5.41) is 9.06. The molecule has 1 aromatic carbocycles. The minimum Gasteiger partial charge on any atom is -0.497 e. The fraction of sp³-hybridized carbons (Fsp3) is 0.400. The molecule has 0 fully saturated rings. The quantitative estimate of drug-likeness (QED) is 0.875. The van der Waals surface area contributed by atoms with E-state index >= 15 is 0 Å². The van der Waals surface area contributed by atoms with Gasteiger partial charge in [0.1, 0.15) is 11.5 Å². The molecule has 0 radical (unpaired) electrons. The third-order valence-electron chi connectivity index (χ3n) is 2.00. The maximum atomic E-state index is 12.3. The van der Waals surface area contributed by atoms with Gasteiger partial charge in [-0.15, -0.1) is 0 Å². The van der Waals surface area contributed by atoms with Gasteiger partial charge in [-0.3, -0.25) is 0 Å². The van der Waals surface area contributed by atoms with Crippen molar-refractivity contribution in [2.75, 3.05) is 14.2 Å². The minimum atomic E-state index is -4.71. The van der Waals surface area contributed by atoms with Crippen molar-refractivity contribution >= 4 is 0 Å². The molecule has 1 atom stereocenters. The van der Waals surface area contributed by atoms with Gasteiger partial charge in [-0.25, -0.2) is 0 Å². The van der Waals surface area contributed by atoms with Gasteiger partial charge in [0.2, 0.25) is 0 Å². The molecule has 0 aliphatic carbocycles. The van der Waals surface area contributed by atoms with Crippen LogP contribution in [-0.2, 0) is 0 Å². The fourth-order valence-electron chi connectivity index (χ4n) is 1.18. The molecule has 0 bridgehead atoms. The predicted octanol–water partition coefficient (Wildman–Crippen LogP) is 2.30. The molecule has 0 saturated carbocycles. The average Bonchev–Trinajstić information content (AvgIpc) is 2.26. The van der Waals surface area contributed by atoms with Gasteiger partial charge in [-0.05, 0) is 17.7 Å². The van der Waals surface area contributed by atoms with E-state index in [1.54, 1.807) is 0 Å². The molecule has 0 spiro atoms. The Kier molecular flexibility index (Phi) is 3.64. The standard InChI is InChI=1S/C10H11F3O3/c1-15-7-3-6(4-8(5-7)16-2)9(14)10(11,12)13/h3-5,9,14H,1-2H3. The minimum absolute atomic E-state index is 0.192. The Bertz CT molecular complexity index is 341. The summed E-state index contributed by atoms with van der Waals surface area (Å²) >= 11 is 0. The van der Waals surface area contributed by atoms with Crippen LogP contribution in [0.5, 0.6) is 11.5 Å². The van der Waals surface area contributed by atoms with Crippen molar-refractivity contribution in [3.05, 3.63) is 23.8 Å². The number of methoxy groups -OCH3 is 2. The molecule has 0 aromatic heterocycles. The molecule has 1 N–H and O–H groups in total. The highest BCUT2D eigenvalue weighted by Crippen LogP contribution is 2.35. The number of alkyl halides is 3. The lowest BCUT2D eigenvalue weighted by Crippen LogP contribution is -2.20. The Labute approximate surface area is 90.4 Å². The van der Waals surface area contributed by atoms with Crippen LogP contribution in [0.1, 0.15) is 11.7 Å². The summed E-state index contributed by atoms with van der Waals surface area (Å²) in [6, 6.07) is 3.65. The number of benzene rings is 1. The molecule has 1 aromatic rings. The smallest absolute Gasteiger partial charge is 0.418 e. The van der Waals surface area contributed by atoms with Crippen LogP contribution >= 0.6 is 0 Å². The molecular weight excluding hydrogens is 225 g/mol. The highest BCUT2D eigenvalue weighted by Gasteiger charge is 2.39. The zero-order valence-electron chi connectivity index (χ0n) is 8.71. The third kappa shape index (κ3) is 2.79. The Morgan fingerprint density at radius 2 is 1.50 bits per heavy atom. The Morgan fingerprint density at radius 1 is 1.06 bits per heavy atom. The van der Waals surface area contributed by atoms with E-state index < -0.39 is 12.3 Å². The Morgan fingerprint density at radius 3 is 1.81 bits per heavy atom. The van der Waals surface area contributed by atoms with Crippen molar-refractivity contribution in [2.45, 2.75) is 12.3 Å². The molecule has 0 saturated heterocycles. The molecule has 0 heterocycles. The molecule has 6 heteroatoms. The summed E-state index contributed by atoms with van der Waals surface area (Å²) in [5.74, 6) is 0.385. The summed E-state index contributed by atoms with van der Waals surface area (Å²) in [4.78, 5) is 0. The summed E-state index contributed by atoms with van der Waals surface area (Å²) in [6.45, 7) is 0. The zero-order chi connectivity index (χ0) is 12.3. The largest absolute Gasteiger partial charge is 0.497 e. The van der Waals surface area contributed by atoms with E-state index in [4.69, 9.17) is 14.6 Å². The molecule has 1 rings (SSSR count). The van der Waals surface area contributed by atoms with E-state index in [2.05, 4.69) is 0 Å². The molecule has 0 aliphatic heterocycles. The van der Waals surface area contributed by atoms with Crippen LogP contribution in [0.2, 0.25) is 0 Å². The van der Waals surface area contributed by atoms with Crippen LogP contribution in [0.4, 0.5) is 13.2 Å². The summed E-state index contributed by atoms with van der Waals surface area (Å²) in [5.41, 5.74) is -0.316. The summed E-state index contributed by atoms with van der Waals surface area (Å²) in [6.07, 6.45) is -7.26. The van der Waals surface area contributed by atoms with Crippen molar-refractivity contribution in [3.8, 4) is 11.5 Å². The van der Waals surface area contributed by atoms with Gasteiger partial charge in [-0.2, -0.15) is 13.2 Å². The number of halogens is 3. The van der Waals surface area contributed by atoms with Crippen molar-refractivity contribution in [1.29, 1.82) is 0 Å². The van der Waals surface area contributed by atoms with Gasteiger partial charge in [0.25, 0.3) is 0 Å². The molecular formula is C10H11F3O3. The summed E-state index contributed by atoms with van der Waals surface area (Å²) < 4.78 is 46.4. The van der Waals surface area contributed by atoms with Gasteiger partial charge in [0.15, 0.2) is 6.10 Å². The van der Waals surface area contributed by atoms with Gasteiger partial charge in [0.05, 0.1) is 14.2 Å². The van der Waals surface area contributed by atoms with Crippen molar-refractivity contribution in [3.63, 3.8) is 0 Å². The molecule has 3 nitrogen and oxygen atoms in total. The van der Waals surface area contributed by atoms with Crippen LogP contribution in [0.15, 0.2) is 18.2 Å². The lowest BCUT2D eigenvalue weighted by molar-refractivity contribution is -0.206. The first kappa shape index (κ1) is 12.6. The number of hydrogen-bond acceptors (Lipinski definition) is 3. The number of aliphatic hydroxyl groups excluding tert-OH is 1. The van der Waals surface area contributed by atoms with E-state index in [1.165, 1.54) is 20.3 Å². The van der Waals surface area contributed by atoms with Gasteiger partial charge in [-0.1, -0.05) is 0 Å². The predicted molar refractivity (Wildman–Crippen MR) is 50.6 cm³/mol. The lowest BCUT2D eigenvalue weighted by Gasteiger charge is -2.16. The highest BCUT2D eigenvalue weighted by atomic mass is 19.4. The third-order valence-corrected chi connectivity index (χ3v) is 2.00. The van der Waals surface area contributed by atoms with Crippen LogP contribution in [-0.4, -0.2) is 25.5 Å². The SMILES string of the molecule is COc1cc(OC)cc(C(O)C(F)(F)F)c1. The first-order valence-corrected chi connectivity index (χ1v) is 4.36. The van der Waals surface area contributed by atoms with E-state index in [0.717, 1.165) is 12.1 Å². The van der Waals surface area contributed by atoms with Gasteiger partial charge in [0, 0.05) is 6.07 Å². The first-order valence-electron chi connectivity index (χ1n) is 4.36. The second-order valence-electron chi connectivity index (χ2n) is 3.09. The maximum absolute atomic E-state index is 12.3. The number of ether oxygens (including phenoxy) is 2. The van der Waals surface area contributed by atoms with E-state index in [1.807, 2.05) is 0 Å². The molecule has 0 amide bonds. The second-order valence-corrected chi connectivity index (χ2v) is 3.09. The van der Waals surface area contributed by atoms with E-state index in [0.29, 0.717) is 0 Å². The normalized spacial score (nSPS) is 13.4. The second kappa shape index (κ2) is 4.61. The number of rotatable bonds is 3. The van der Waals surface area contributed by atoms with Crippen LogP contribution in [0.25, 0.3) is 0 Å². The monoisotopic (exact) mass is 236 g/mol. The van der Waals surface area contributed by atoms with Gasteiger partial charge >= 0.3 is 6.18 Å². The van der Waals surface area contributed by atoms with E-state index in [-0.39, 0.29) is 17.1 Å². The topological polar surface area (TPSA) is 38.7 Å². The zero-order valence-corrected chi connectivity index (χ0v) is 8.71. The molecule has 0 aliphatic rings. The van der Waals surface area contributed by atoms with Crippen LogP contribution in [0, 0.1) is 0 Å². The number of hydrogen-bond donors (Lipinski definition) is 1. The maximum Gasteiger partial charge on any atom is 0.418 e. The van der Waals surface area contributed by atoms with Crippen molar-refractivity contribution in [1.82, 2.24) is 0 Å². The number of aliphatic hydroxyl groups is 1. The lowest BCUT2D eigenvalue weighted by atomic mass is 10.1. The van der Waals surface area contributed by atoms with Crippen LogP contribution in [0.3, 0.4) is 0 Å².